The standard InChI is InChI=1S/C63H108N8O18S/c1-47(2)40-52(74)43-69-53(57(76)44-71(3)55(22-14-15-23-58(64)65)56(75)42-49(62(66)80)41-48-25-27-50(72)28-26-48)21-16-17-31-67-61(79)46-89-38-35-86-33-19-20-51(73)45-88-37-36-87-34-32-68-59(77)30-29-54(63(81)82)70-60(78)24-13-11-9-7-5-4-6-8-10-12-18-39-90(83,84)85/h25-28,47,49,53-55,69,72H,4-24,29-46H2,1-3H3,(H3,64,65)(H2,66,80)(H,67,79)(H,68,77)(H,70,78)(H,81,82)(H,83,84,85)/t49-,53+,54+,55+/m1/s1. The maximum absolute atomic E-state index is 13.9. The minimum atomic E-state index is -3.88. The highest BCUT2D eigenvalue weighted by atomic mass is 32.2. The Kier molecular flexibility index (Phi) is 46.4. The number of nitrogens with two attached hydrogens (primary N) is 2. The van der Waals surface area contributed by atoms with E-state index < -0.39 is 46.0 Å². The lowest BCUT2D eigenvalue weighted by molar-refractivity contribution is -0.142. The van der Waals surface area contributed by atoms with Crippen LogP contribution < -0.4 is 32.7 Å². The summed E-state index contributed by atoms with van der Waals surface area (Å²) in [6, 6.07) is 3.63. The second-order valence-corrected chi connectivity index (χ2v) is 25.0. The van der Waals surface area contributed by atoms with Crippen LogP contribution in [0.25, 0.3) is 0 Å². The van der Waals surface area contributed by atoms with Crippen molar-refractivity contribution in [1.29, 1.82) is 5.41 Å². The average Bonchev–Trinajstić information content (AvgIpc) is 1.73. The fraction of sp³-hybridized carbons (Fsp3) is 0.746. The molecular formula is C63H108N8O18S. The maximum Gasteiger partial charge on any atom is 0.326 e. The first kappa shape index (κ1) is 82.2. The molecule has 0 saturated heterocycles. The summed E-state index contributed by atoms with van der Waals surface area (Å²) >= 11 is 0. The number of aliphatic carboxylic acids is 1. The molecule has 27 heteroatoms. The first-order valence-electron chi connectivity index (χ1n) is 32.1. The van der Waals surface area contributed by atoms with E-state index in [1.54, 1.807) is 24.1 Å². The summed E-state index contributed by atoms with van der Waals surface area (Å²) in [5.41, 5.74) is 12.0. The van der Waals surface area contributed by atoms with Crippen LogP contribution in [0.1, 0.15) is 180 Å². The molecule has 4 atom stereocenters. The number of carboxylic acids is 1. The molecule has 90 heavy (non-hydrogen) atoms. The quantitative estimate of drug-likeness (QED) is 0.0183. The summed E-state index contributed by atoms with van der Waals surface area (Å²) in [5, 5.41) is 37.9. The summed E-state index contributed by atoms with van der Waals surface area (Å²) in [7, 11) is -2.22. The SMILES string of the molecule is CC(C)CC(=O)CN[C@@H](CCCCNC(=O)COCCOCCCC(=O)COCCOCCNC(=O)CC[C@H](NC(=O)CCCCCCCCCCCCCS(=O)(=O)O)C(=O)O)C(=O)CN(C)[C@@H](CCCCC(=N)N)C(=O)C[C@@H](Cc1ccc(O)cc1)C(N)=O. The van der Waals surface area contributed by atoms with Gasteiger partial charge in [0, 0.05) is 64.1 Å². The van der Waals surface area contributed by atoms with Crippen molar-refractivity contribution < 1.29 is 85.3 Å². The normalized spacial score (nSPS) is 12.9. The molecule has 0 saturated carbocycles. The summed E-state index contributed by atoms with van der Waals surface area (Å²) in [5.74, 6) is -4.44. The predicted octanol–water partition coefficient (Wildman–Crippen LogP) is 4.67. The number of nitrogens with one attached hydrogen (secondary N) is 5. The highest BCUT2D eigenvalue weighted by Crippen LogP contribution is 2.21. The molecule has 0 aromatic heterocycles. The van der Waals surface area contributed by atoms with E-state index in [0.717, 1.165) is 63.4 Å². The Morgan fingerprint density at radius 1 is 0.589 bits per heavy atom. The Morgan fingerprint density at radius 2 is 1.17 bits per heavy atom. The topological polar surface area (TPSA) is 413 Å². The third-order valence-corrected chi connectivity index (χ3v) is 15.5. The van der Waals surface area contributed by atoms with Crippen LogP contribution in [0.2, 0.25) is 0 Å². The molecule has 0 aliphatic carbocycles. The molecule has 0 radical (unpaired) electrons. The number of ketones is 4. The number of unbranched alkanes of at least 4 members (excludes halogenated alkanes) is 12. The minimum Gasteiger partial charge on any atom is -0.508 e. The smallest absolute Gasteiger partial charge is 0.326 e. The van der Waals surface area contributed by atoms with Crippen molar-refractivity contribution in [3.05, 3.63) is 29.8 Å². The Hall–Kier alpha value is -5.81. The molecule has 1 aromatic rings. The number of phenolic OH excluding ortho intramolecular Hbond substituents is 1. The van der Waals surface area contributed by atoms with Gasteiger partial charge in [-0.1, -0.05) is 90.2 Å². The van der Waals surface area contributed by atoms with Crippen molar-refractivity contribution in [3.63, 3.8) is 0 Å². The van der Waals surface area contributed by atoms with Crippen molar-refractivity contribution in [3.8, 4) is 5.75 Å². The van der Waals surface area contributed by atoms with E-state index in [4.69, 9.17) is 40.4 Å². The van der Waals surface area contributed by atoms with Gasteiger partial charge < -0.3 is 61.9 Å². The van der Waals surface area contributed by atoms with Crippen molar-refractivity contribution in [2.75, 3.05) is 91.8 Å². The molecular weight excluding hydrogens is 1190 g/mol. The van der Waals surface area contributed by atoms with E-state index >= 15 is 0 Å². The van der Waals surface area contributed by atoms with Crippen LogP contribution >= 0.6 is 0 Å². The number of primary amides is 1. The van der Waals surface area contributed by atoms with Gasteiger partial charge in [0.05, 0.1) is 69.8 Å². The molecule has 12 N–H and O–H groups in total. The molecule has 1 aromatic carbocycles. The molecule has 0 fully saturated rings. The van der Waals surface area contributed by atoms with Gasteiger partial charge in [0.25, 0.3) is 10.1 Å². The van der Waals surface area contributed by atoms with E-state index in [2.05, 4.69) is 21.3 Å². The second kappa shape index (κ2) is 50.8. The Balaban J connectivity index is 2.29. The van der Waals surface area contributed by atoms with Gasteiger partial charge in [-0.2, -0.15) is 8.42 Å². The monoisotopic (exact) mass is 1300 g/mol. The van der Waals surface area contributed by atoms with Gasteiger partial charge in [-0.15, -0.1) is 0 Å². The second-order valence-electron chi connectivity index (χ2n) is 23.5. The summed E-state index contributed by atoms with van der Waals surface area (Å²) in [4.78, 5) is 116. The predicted molar refractivity (Wildman–Crippen MR) is 340 cm³/mol. The van der Waals surface area contributed by atoms with Gasteiger partial charge >= 0.3 is 5.97 Å². The van der Waals surface area contributed by atoms with E-state index in [9.17, 15) is 61.8 Å². The fourth-order valence-corrected chi connectivity index (χ4v) is 10.3. The summed E-state index contributed by atoms with van der Waals surface area (Å²) in [6.07, 6.45) is 14.1. The first-order valence-corrected chi connectivity index (χ1v) is 33.7. The van der Waals surface area contributed by atoms with Gasteiger partial charge in [-0.3, -0.25) is 53.2 Å². The summed E-state index contributed by atoms with van der Waals surface area (Å²) < 4.78 is 52.0. The Morgan fingerprint density at radius 3 is 1.78 bits per heavy atom. The van der Waals surface area contributed by atoms with Crippen molar-refractivity contribution in [1.82, 2.24) is 26.2 Å². The molecule has 514 valence electrons. The van der Waals surface area contributed by atoms with Crippen LogP contribution in [-0.2, 0) is 78.6 Å². The lowest BCUT2D eigenvalue weighted by atomic mass is 9.89. The van der Waals surface area contributed by atoms with Crippen molar-refractivity contribution in [2.24, 2.45) is 23.3 Å². The number of Topliss-reactive ketones (excluding diaryl/α,β-unsaturated/α-hetero) is 4. The van der Waals surface area contributed by atoms with Gasteiger partial charge in [0.2, 0.25) is 23.6 Å². The zero-order valence-electron chi connectivity index (χ0n) is 53.7. The lowest BCUT2D eigenvalue weighted by Crippen LogP contribution is -2.48. The van der Waals surface area contributed by atoms with Crippen molar-refractivity contribution >= 4 is 68.7 Å². The van der Waals surface area contributed by atoms with Gasteiger partial charge in [0.15, 0.2) is 17.3 Å². The number of carboxylic acid groups (broad SMARTS) is 1. The van der Waals surface area contributed by atoms with E-state index in [0.29, 0.717) is 83.8 Å². The highest BCUT2D eigenvalue weighted by molar-refractivity contribution is 7.85. The number of nitrogens with zero attached hydrogens (tertiary/aromatic N) is 1. The minimum absolute atomic E-state index is 0.0133. The number of phenols is 1. The van der Waals surface area contributed by atoms with Crippen LogP contribution in [0.3, 0.4) is 0 Å². The van der Waals surface area contributed by atoms with E-state index in [-0.39, 0.29) is 169 Å². The number of amides is 4. The Bertz CT molecular complexity index is 2380. The Labute approximate surface area is 533 Å². The number of likely N-dealkylation sites (N-methyl/N-ethyl adjacent to an activating group) is 1. The molecule has 0 spiro atoms. The van der Waals surface area contributed by atoms with E-state index in [1.165, 1.54) is 12.1 Å². The first-order chi connectivity index (χ1) is 42.9. The number of hydrogen-bond donors (Lipinski definition) is 10. The van der Waals surface area contributed by atoms with Gasteiger partial charge in [-0.25, -0.2) is 4.79 Å². The maximum atomic E-state index is 13.9. The van der Waals surface area contributed by atoms with E-state index in [1.807, 2.05) is 13.8 Å². The molecule has 0 heterocycles. The van der Waals surface area contributed by atoms with Crippen LogP contribution in [-0.4, -0.2) is 197 Å². The fourth-order valence-electron chi connectivity index (χ4n) is 9.75. The number of carbonyl (C=O) groups is 9. The third kappa shape index (κ3) is 46.3. The molecule has 26 nitrogen and oxygen atoms in total. The number of rotatable bonds is 61. The van der Waals surface area contributed by atoms with Crippen LogP contribution in [0.5, 0.6) is 5.75 Å². The van der Waals surface area contributed by atoms with Crippen LogP contribution in [0, 0.1) is 17.2 Å². The number of carbonyl (C=O) groups excluding carboxylic acids is 8. The number of hydrogen-bond acceptors (Lipinski definition) is 19. The average molecular weight is 1300 g/mol. The lowest BCUT2D eigenvalue weighted by Gasteiger charge is -2.29. The highest BCUT2D eigenvalue weighted by Gasteiger charge is 2.31. The van der Waals surface area contributed by atoms with Crippen LogP contribution in [0.4, 0.5) is 0 Å². The molecule has 0 aliphatic heterocycles. The zero-order valence-corrected chi connectivity index (χ0v) is 54.6. The third-order valence-electron chi connectivity index (χ3n) is 14.7. The van der Waals surface area contributed by atoms with Gasteiger partial charge in [0.1, 0.15) is 30.8 Å². The summed E-state index contributed by atoms with van der Waals surface area (Å²) in [6.45, 7) is 5.06. The molecule has 0 bridgehead atoms. The van der Waals surface area contributed by atoms with Crippen molar-refractivity contribution in [2.45, 2.75) is 199 Å². The number of ether oxygens (including phenoxy) is 4. The largest absolute Gasteiger partial charge is 0.508 e. The molecule has 1 rings (SSSR count). The van der Waals surface area contributed by atoms with Crippen LogP contribution in [0.15, 0.2) is 24.3 Å². The molecule has 4 amide bonds. The number of aromatic hydroxyl groups is 1. The zero-order chi connectivity index (χ0) is 67.0. The number of benzene rings is 1. The number of amidine groups is 1. The molecule has 0 unspecified atom stereocenters. The molecule has 0 aliphatic rings. The van der Waals surface area contributed by atoms with Gasteiger partial charge in [-0.05, 0) is 94.9 Å².